The molecule has 0 bridgehead atoms. The lowest BCUT2D eigenvalue weighted by molar-refractivity contribution is -0.116. The SMILES string of the molecule is Cc1cccc(Nc2ccc(NCCNC(=O)/C=C/c3ccccc3)nn2)n1. The monoisotopic (exact) mass is 374 g/mol. The number of rotatable bonds is 8. The van der Waals surface area contributed by atoms with E-state index in [0.717, 1.165) is 17.1 Å². The average molecular weight is 374 g/mol. The lowest BCUT2D eigenvalue weighted by Crippen LogP contribution is -2.27. The minimum atomic E-state index is -0.137. The summed E-state index contributed by atoms with van der Waals surface area (Å²) in [5.41, 5.74) is 1.91. The molecule has 3 rings (SSSR count). The molecule has 0 aliphatic carbocycles. The van der Waals surface area contributed by atoms with Crippen molar-refractivity contribution in [3.05, 3.63) is 78.0 Å². The van der Waals surface area contributed by atoms with Gasteiger partial charge < -0.3 is 16.0 Å². The molecule has 0 saturated heterocycles. The zero-order valence-electron chi connectivity index (χ0n) is 15.6. The third-order valence-corrected chi connectivity index (χ3v) is 3.77. The van der Waals surface area contributed by atoms with Gasteiger partial charge in [-0.1, -0.05) is 36.4 Å². The third kappa shape index (κ3) is 6.21. The van der Waals surface area contributed by atoms with Gasteiger partial charge >= 0.3 is 0 Å². The van der Waals surface area contributed by atoms with Gasteiger partial charge in [0.15, 0.2) is 5.82 Å². The van der Waals surface area contributed by atoms with Gasteiger partial charge in [-0.15, -0.1) is 10.2 Å². The van der Waals surface area contributed by atoms with Gasteiger partial charge in [-0.2, -0.15) is 0 Å². The molecule has 1 amide bonds. The second-order valence-electron chi connectivity index (χ2n) is 6.05. The third-order valence-electron chi connectivity index (χ3n) is 3.77. The average Bonchev–Trinajstić information content (AvgIpc) is 2.72. The fraction of sp³-hybridized carbons (Fsp3) is 0.143. The van der Waals surface area contributed by atoms with Gasteiger partial charge in [-0.3, -0.25) is 4.79 Å². The summed E-state index contributed by atoms with van der Waals surface area (Å²) in [7, 11) is 0. The molecule has 0 atom stereocenters. The number of carbonyl (C=O) groups excluding carboxylic acids is 1. The fourth-order valence-electron chi connectivity index (χ4n) is 2.41. The highest BCUT2D eigenvalue weighted by atomic mass is 16.1. The maximum Gasteiger partial charge on any atom is 0.244 e. The summed E-state index contributed by atoms with van der Waals surface area (Å²) in [5, 5.41) is 17.3. The summed E-state index contributed by atoms with van der Waals surface area (Å²) >= 11 is 0. The second kappa shape index (κ2) is 9.82. The van der Waals surface area contributed by atoms with Crippen molar-refractivity contribution in [2.75, 3.05) is 23.7 Å². The highest BCUT2D eigenvalue weighted by Crippen LogP contribution is 2.12. The van der Waals surface area contributed by atoms with Crippen LogP contribution in [0.2, 0.25) is 0 Å². The molecule has 2 heterocycles. The molecule has 0 aliphatic heterocycles. The lowest BCUT2D eigenvalue weighted by atomic mass is 10.2. The van der Waals surface area contributed by atoms with Crippen LogP contribution in [0, 0.1) is 6.92 Å². The van der Waals surface area contributed by atoms with E-state index in [-0.39, 0.29) is 5.91 Å². The number of pyridine rings is 1. The number of nitrogens with one attached hydrogen (secondary N) is 3. The Balaban J connectivity index is 1.39. The summed E-state index contributed by atoms with van der Waals surface area (Å²) in [6.07, 6.45) is 3.30. The van der Waals surface area contributed by atoms with Crippen molar-refractivity contribution in [3.8, 4) is 0 Å². The highest BCUT2D eigenvalue weighted by Gasteiger charge is 2.00. The van der Waals surface area contributed by atoms with E-state index >= 15 is 0 Å². The lowest BCUT2D eigenvalue weighted by Gasteiger charge is -2.07. The Morgan fingerprint density at radius 1 is 0.893 bits per heavy atom. The van der Waals surface area contributed by atoms with Crippen LogP contribution in [-0.2, 0) is 4.79 Å². The van der Waals surface area contributed by atoms with Gasteiger partial charge in [0.25, 0.3) is 0 Å². The molecular formula is C21H22N6O. The molecule has 0 aliphatic rings. The van der Waals surface area contributed by atoms with E-state index in [2.05, 4.69) is 31.1 Å². The van der Waals surface area contributed by atoms with E-state index in [0.29, 0.717) is 24.7 Å². The number of aryl methyl sites for hydroxylation is 1. The first kappa shape index (κ1) is 19.0. The Morgan fingerprint density at radius 2 is 1.68 bits per heavy atom. The first-order chi connectivity index (χ1) is 13.7. The zero-order valence-corrected chi connectivity index (χ0v) is 15.6. The minimum absolute atomic E-state index is 0.137. The van der Waals surface area contributed by atoms with Crippen molar-refractivity contribution < 1.29 is 4.79 Å². The number of hydrogen-bond donors (Lipinski definition) is 3. The first-order valence-corrected chi connectivity index (χ1v) is 8.98. The molecule has 0 spiro atoms. The van der Waals surface area contributed by atoms with E-state index in [9.17, 15) is 4.79 Å². The van der Waals surface area contributed by atoms with Crippen molar-refractivity contribution in [1.29, 1.82) is 0 Å². The Labute approximate surface area is 163 Å². The largest absolute Gasteiger partial charge is 0.367 e. The fourth-order valence-corrected chi connectivity index (χ4v) is 2.41. The van der Waals surface area contributed by atoms with Crippen LogP contribution in [0.4, 0.5) is 17.5 Å². The standard InChI is InChI=1S/C21H22N6O/c1-16-6-5-9-19(24-16)25-20-12-11-18(26-27-20)22-14-15-23-21(28)13-10-17-7-3-2-4-8-17/h2-13H,14-15H2,1H3,(H,22,26)(H,23,28)(H,24,25,27)/b13-10+. The van der Waals surface area contributed by atoms with Crippen LogP contribution in [0.1, 0.15) is 11.3 Å². The summed E-state index contributed by atoms with van der Waals surface area (Å²) in [4.78, 5) is 16.2. The molecule has 142 valence electrons. The number of amides is 1. The quantitative estimate of drug-likeness (QED) is 0.414. The molecule has 0 saturated carbocycles. The van der Waals surface area contributed by atoms with Gasteiger partial charge in [-0.05, 0) is 42.8 Å². The van der Waals surface area contributed by atoms with Crippen LogP contribution in [0.15, 0.2) is 66.7 Å². The van der Waals surface area contributed by atoms with E-state index in [1.807, 2.05) is 67.6 Å². The number of hydrogen-bond acceptors (Lipinski definition) is 6. The smallest absolute Gasteiger partial charge is 0.244 e. The van der Waals surface area contributed by atoms with Crippen molar-refractivity contribution in [3.63, 3.8) is 0 Å². The van der Waals surface area contributed by atoms with Crippen LogP contribution in [-0.4, -0.2) is 34.2 Å². The van der Waals surface area contributed by atoms with E-state index in [4.69, 9.17) is 0 Å². The maximum atomic E-state index is 11.8. The number of aromatic nitrogens is 3. The topological polar surface area (TPSA) is 91.8 Å². The Hall–Kier alpha value is -3.74. The Kier molecular flexibility index (Phi) is 6.67. The molecule has 7 heteroatoms. The molecule has 0 fully saturated rings. The predicted molar refractivity (Wildman–Crippen MR) is 111 cm³/mol. The van der Waals surface area contributed by atoms with Crippen molar-refractivity contribution in [2.45, 2.75) is 6.92 Å². The zero-order chi connectivity index (χ0) is 19.6. The maximum absolute atomic E-state index is 11.8. The summed E-state index contributed by atoms with van der Waals surface area (Å²) in [6.45, 7) is 2.96. The molecule has 28 heavy (non-hydrogen) atoms. The van der Waals surface area contributed by atoms with Gasteiger partial charge in [0, 0.05) is 24.9 Å². The summed E-state index contributed by atoms with van der Waals surface area (Å²) in [5.74, 6) is 1.84. The molecule has 0 radical (unpaired) electrons. The van der Waals surface area contributed by atoms with Gasteiger partial charge in [0.2, 0.25) is 5.91 Å². The highest BCUT2D eigenvalue weighted by molar-refractivity contribution is 5.91. The van der Waals surface area contributed by atoms with Gasteiger partial charge in [0.05, 0.1) is 0 Å². The number of carbonyl (C=O) groups is 1. The van der Waals surface area contributed by atoms with Crippen molar-refractivity contribution in [1.82, 2.24) is 20.5 Å². The first-order valence-electron chi connectivity index (χ1n) is 8.98. The molecular weight excluding hydrogens is 352 g/mol. The molecule has 0 unspecified atom stereocenters. The van der Waals surface area contributed by atoms with Crippen molar-refractivity contribution in [2.24, 2.45) is 0 Å². The van der Waals surface area contributed by atoms with E-state index < -0.39 is 0 Å². The predicted octanol–water partition coefficient (Wildman–Crippen LogP) is 3.17. The van der Waals surface area contributed by atoms with Crippen LogP contribution in [0.3, 0.4) is 0 Å². The number of nitrogens with zero attached hydrogens (tertiary/aromatic N) is 3. The summed E-state index contributed by atoms with van der Waals surface area (Å²) in [6, 6.07) is 19.1. The molecule has 7 nitrogen and oxygen atoms in total. The summed E-state index contributed by atoms with van der Waals surface area (Å²) < 4.78 is 0. The van der Waals surface area contributed by atoms with E-state index in [1.165, 1.54) is 6.08 Å². The number of anilines is 3. The number of benzene rings is 1. The minimum Gasteiger partial charge on any atom is -0.367 e. The molecule has 2 aromatic heterocycles. The molecule has 1 aromatic carbocycles. The molecule has 3 aromatic rings. The van der Waals surface area contributed by atoms with E-state index in [1.54, 1.807) is 6.08 Å². The van der Waals surface area contributed by atoms with Crippen molar-refractivity contribution >= 4 is 29.4 Å². The van der Waals surface area contributed by atoms with Crippen LogP contribution >= 0.6 is 0 Å². The van der Waals surface area contributed by atoms with Gasteiger partial charge in [-0.25, -0.2) is 4.98 Å². The van der Waals surface area contributed by atoms with Crippen LogP contribution < -0.4 is 16.0 Å². The molecule has 3 N–H and O–H groups in total. The second-order valence-corrected chi connectivity index (χ2v) is 6.05. The normalized spacial score (nSPS) is 10.6. The van der Waals surface area contributed by atoms with Crippen LogP contribution in [0.25, 0.3) is 6.08 Å². The Morgan fingerprint density at radius 3 is 2.43 bits per heavy atom. The van der Waals surface area contributed by atoms with Crippen LogP contribution in [0.5, 0.6) is 0 Å². The van der Waals surface area contributed by atoms with Gasteiger partial charge in [0.1, 0.15) is 11.6 Å². The Bertz CT molecular complexity index is 925.